The lowest BCUT2D eigenvalue weighted by molar-refractivity contribution is -0.0501. The third-order valence-electron chi connectivity index (χ3n) is 1.70. The monoisotopic (exact) mass is 302 g/mol. The van der Waals surface area contributed by atoms with Crippen LogP contribution in [0.25, 0.3) is 0 Å². The Morgan fingerprint density at radius 2 is 1.89 bits per heavy atom. The summed E-state index contributed by atoms with van der Waals surface area (Å²) in [6.07, 6.45) is -3.16. The van der Waals surface area contributed by atoms with Crippen molar-refractivity contribution >= 4 is 10.1 Å². The molecule has 0 aliphatic rings. The SMILES string of the molecule is N#Cc1ccc(C(F)F)nc1OS(=O)(=O)C(F)(F)F. The summed E-state index contributed by atoms with van der Waals surface area (Å²) in [5.41, 5.74) is -7.51. The molecule has 1 rings (SSSR count). The molecule has 1 heterocycles. The van der Waals surface area contributed by atoms with Crippen LogP contribution in [-0.2, 0) is 10.1 Å². The zero-order valence-electron chi connectivity index (χ0n) is 8.65. The Morgan fingerprint density at radius 3 is 2.32 bits per heavy atom. The van der Waals surface area contributed by atoms with Gasteiger partial charge in [0.25, 0.3) is 12.3 Å². The maximum atomic E-state index is 12.3. The molecule has 0 saturated carbocycles. The average Bonchev–Trinajstić information content (AvgIpc) is 2.26. The molecule has 0 fully saturated rings. The number of nitriles is 1. The van der Waals surface area contributed by atoms with E-state index in [9.17, 15) is 30.4 Å². The second-order valence-corrected chi connectivity index (χ2v) is 4.52. The molecule has 0 aliphatic heterocycles. The second kappa shape index (κ2) is 4.96. The summed E-state index contributed by atoms with van der Waals surface area (Å²) < 4.78 is 85.6. The molecule has 0 atom stereocenters. The third kappa shape index (κ3) is 3.28. The van der Waals surface area contributed by atoms with Crippen molar-refractivity contribution < 1.29 is 34.6 Å². The van der Waals surface area contributed by atoms with E-state index in [-0.39, 0.29) is 0 Å². The molecule has 19 heavy (non-hydrogen) atoms. The van der Waals surface area contributed by atoms with Crippen molar-refractivity contribution in [3.05, 3.63) is 23.4 Å². The van der Waals surface area contributed by atoms with E-state index in [1.165, 1.54) is 6.07 Å². The van der Waals surface area contributed by atoms with Gasteiger partial charge in [0.1, 0.15) is 17.3 Å². The number of hydrogen-bond acceptors (Lipinski definition) is 5. The Hall–Kier alpha value is -1.96. The van der Waals surface area contributed by atoms with E-state index < -0.39 is 39.2 Å². The molecule has 0 unspecified atom stereocenters. The maximum Gasteiger partial charge on any atom is 0.534 e. The predicted octanol–water partition coefficient (Wildman–Crippen LogP) is 2.12. The van der Waals surface area contributed by atoms with E-state index >= 15 is 0 Å². The Kier molecular flexibility index (Phi) is 3.94. The van der Waals surface area contributed by atoms with Gasteiger partial charge < -0.3 is 4.18 Å². The van der Waals surface area contributed by atoms with Crippen LogP contribution in [0.1, 0.15) is 17.7 Å². The van der Waals surface area contributed by atoms with Crippen molar-refractivity contribution in [2.75, 3.05) is 0 Å². The molecule has 0 amide bonds. The highest BCUT2D eigenvalue weighted by Crippen LogP contribution is 2.29. The fourth-order valence-corrected chi connectivity index (χ4v) is 1.31. The Bertz CT molecular complexity index is 620. The van der Waals surface area contributed by atoms with Gasteiger partial charge in [-0.15, -0.1) is 0 Å². The van der Waals surface area contributed by atoms with Crippen LogP contribution in [0.2, 0.25) is 0 Å². The fraction of sp³-hybridized carbons (Fsp3) is 0.250. The molecule has 0 N–H and O–H groups in total. The zero-order chi connectivity index (χ0) is 14.8. The van der Waals surface area contributed by atoms with Crippen molar-refractivity contribution in [2.24, 2.45) is 0 Å². The highest BCUT2D eigenvalue weighted by atomic mass is 32.2. The summed E-state index contributed by atoms with van der Waals surface area (Å²) in [5.74, 6) is -1.35. The molecule has 0 bridgehead atoms. The first-order chi connectivity index (χ1) is 8.58. The highest BCUT2D eigenvalue weighted by molar-refractivity contribution is 7.87. The first kappa shape index (κ1) is 15.1. The highest BCUT2D eigenvalue weighted by Gasteiger charge is 2.49. The molecular weight excluding hydrogens is 299 g/mol. The number of aromatic nitrogens is 1. The van der Waals surface area contributed by atoms with Gasteiger partial charge in [0, 0.05) is 0 Å². The third-order valence-corrected chi connectivity index (χ3v) is 2.64. The summed E-state index contributed by atoms with van der Waals surface area (Å²) in [7, 11) is -6.08. The van der Waals surface area contributed by atoms with E-state index in [1.807, 2.05) is 0 Å². The summed E-state index contributed by atoms with van der Waals surface area (Å²) in [4.78, 5) is 2.87. The number of hydrogen-bond donors (Lipinski definition) is 0. The number of alkyl halides is 5. The topological polar surface area (TPSA) is 80.0 Å². The minimum atomic E-state index is -6.08. The quantitative estimate of drug-likeness (QED) is 0.485. The summed E-state index contributed by atoms with van der Waals surface area (Å²) >= 11 is 0. The molecule has 104 valence electrons. The van der Waals surface area contributed by atoms with E-state index in [1.54, 1.807) is 0 Å². The van der Waals surface area contributed by atoms with Gasteiger partial charge in [-0.1, -0.05) is 0 Å². The van der Waals surface area contributed by atoms with Crippen molar-refractivity contribution in [2.45, 2.75) is 11.9 Å². The predicted molar refractivity (Wildman–Crippen MR) is 49.5 cm³/mol. The van der Waals surface area contributed by atoms with Crippen LogP contribution in [0.15, 0.2) is 12.1 Å². The van der Waals surface area contributed by atoms with Crippen molar-refractivity contribution in [1.82, 2.24) is 4.98 Å². The molecule has 0 aliphatic carbocycles. The zero-order valence-corrected chi connectivity index (χ0v) is 9.47. The second-order valence-electron chi connectivity index (χ2n) is 2.98. The van der Waals surface area contributed by atoms with Crippen LogP contribution in [0.4, 0.5) is 22.0 Å². The van der Waals surface area contributed by atoms with E-state index in [2.05, 4.69) is 9.17 Å². The molecule has 0 radical (unpaired) electrons. The van der Waals surface area contributed by atoms with E-state index in [0.29, 0.717) is 12.1 Å². The van der Waals surface area contributed by atoms with Crippen LogP contribution >= 0.6 is 0 Å². The molecule has 0 spiro atoms. The minimum Gasteiger partial charge on any atom is -0.354 e. The number of rotatable bonds is 3. The molecule has 5 nitrogen and oxygen atoms in total. The van der Waals surface area contributed by atoms with Gasteiger partial charge in [0.05, 0.1) is 0 Å². The molecule has 0 saturated heterocycles. The smallest absolute Gasteiger partial charge is 0.354 e. The Morgan fingerprint density at radius 1 is 1.32 bits per heavy atom. The standard InChI is InChI=1S/C8H3F5N2O3S/c9-6(10)5-2-1-4(3-14)7(15-5)18-19(16,17)8(11,12)13/h1-2,6H. The summed E-state index contributed by atoms with van der Waals surface area (Å²) in [5, 5.41) is 8.51. The molecule has 1 aromatic heterocycles. The van der Waals surface area contributed by atoms with E-state index in [0.717, 1.165) is 0 Å². The van der Waals surface area contributed by atoms with Crippen LogP contribution < -0.4 is 4.18 Å². The molecular formula is C8H3F5N2O3S. The normalized spacial score (nSPS) is 12.3. The van der Waals surface area contributed by atoms with Gasteiger partial charge in [-0.25, -0.2) is 13.8 Å². The van der Waals surface area contributed by atoms with Crippen LogP contribution in [0.3, 0.4) is 0 Å². The number of nitrogens with zero attached hydrogens (tertiary/aromatic N) is 2. The Balaban J connectivity index is 3.28. The number of halogens is 5. The van der Waals surface area contributed by atoms with Gasteiger partial charge in [-0.05, 0) is 12.1 Å². The Labute approximate surface area is 103 Å². The van der Waals surface area contributed by atoms with Gasteiger partial charge in [0.15, 0.2) is 0 Å². The van der Waals surface area contributed by atoms with Gasteiger partial charge in [0.2, 0.25) is 0 Å². The first-order valence-electron chi connectivity index (χ1n) is 4.28. The molecule has 0 aromatic carbocycles. The van der Waals surface area contributed by atoms with Gasteiger partial charge >= 0.3 is 15.6 Å². The van der Waals surface area contributed by atoms with Crippen molar-refractivity contribution in [3.63, 3.8) is 0 Å². The lowest BCUT2D eigenvalue weighted by atomic mass is 10.2. The first-order valence-corrected chi connectivity index (χ1v) is 5.69. The van der Waals surface area contributed by atoms with Gasteiger partial charge in [-0.2, -0.15) is 26.9 Å². The lowest BCUT2D eigenvalue weighted by Gasteiger charge is -2.10. The molecule has 11 heteroatoms. The van der Waals surface area contributed by atoms with Crippen LogP contribution in [0, 0.1) is 11.3 Å². The lowest BCUT2D eigenvalue weighted by Crippen LogP contribution is -2.28. The van der Waals surface area contributed by atoms with Crippen LogP contribution in [-0.4, -0.2) is 18.9 Å². The fourth-order valence-electron chi connectivity index (χ4n) is 0.876. The van der Waals surface area contributed by atoms with Crippen molar-refractivity contribution in [3.8, 4) is 11.9 Å². The molecule has 1 aromatic rings. The van der Waals surface area contributed by atoms with Gasteiger partial charge in [-0.3, -0.25) is 0 Å². The summed E-state index contributed by atoms with van der Waals surface area (Å²) in [6, 6.07) is 2.61. The average molecular weight is 302 g/mol. The minimum absolute atomic E-state index is 0.663. The summed E-state index contributed by atoms with van der Waals surface area (Å²) in [6.45, 7) is 0. The maximum absolute atomic E-state index is 12.3. The number of pyridine rings is 1. The van der Waals surface area contributed by atoms with E-state index in [4.69, 9.17) is 5.26 Å². The van der Waals surface area contributed by atoms with Crippen molar-refractivity contribution in [1.29, 1.82) is 5.26 Å². The van der Waals surface area contributed by atoms with Crippen LogP contribution in [0.5, 0.6) is 5.88 Å². The largest absolute Gasteiger partial charge is 0.534 e.